The van der Waals surface area contributed by atoms with E-state index in [-0.39, 0.29) is 30.4 Å². The number of nitro groups is 1. The van der Waals surface area contributed by atoms with E-state index >= 15 is 0 Å². The predicted octanol–water partition coefficient (Wildman–Crippen LogP) is 6.04. The molecule has 1 aliphatic rings. The van der Waals surface area contributed by atoms with Crippen LogP contribution < -0.4 is 5.32 Å². The number of hydrogen-bond donors (Lipinski definition) is 1. The Balaban J connectivity index is 2.30. The first-order chi connectivity index (χ1) is 16.3. The van der Waals surface area contributed by atoms with Gasteiger partial charge in [-0.3, -0.25) is 10.1 Å². The van der Waals surface area contributed by atoms with Crippen molar-refractivity contribution in [2.75, 3.05) is 13.2 Å². The number of nitro benzene ring substituents is 1. The highest BCUT2D eigenvalue weighted by atomic mass is 16.7. The molecule has 0 amide bonds. The minimum absolute atomic E-state index is 0.100. The highest BCUT2D eigenvalue weighted by molar-refractivity contribution is 5.65. The summed E-state index contributed by atoms with van der Waals surface area (Å²) in [4.78, 5) is 35.4. The van der Waals surface area contributed by atoms with Gasteiger partial charge in [0, 0.05) is 12.1 Å². The summed E-state index contributed by atoms with van der Waals surface area (Å²) in [6, 6.07) is 5.82. The summed E-state index contributed by atoms with van der Waals surface area (Å²) in [5.74, 6) is -0.698. The van der Waals surface area contributed by atoms with Crippen molar-refractivity contribution in [3.63, 3.8) is 0 Å². The Morgan fingerprint density at radius 1 is 0.971 bits per heavy atom. The van der Waals surface area contributed by atoms with Crippen molar-refractivity contribution in [2.24, 2.45) is 0 Å². The molecule has 2 rings (SSSR count). The van der Waals surface area contributed by atoms with E-state index in [4.69, 9.17) is 18.9 Å². The van der Waals surface area contributed by atoms with Crippen LogP contribution in [0.4, 0.5) is 15.3 Å². The molecule has 1 aromatic carbocycles. The monoisotopic (exact) mass is 476 g/mol. The molecule has 0 spiro atoms. The summed E-state index contributed by atoms with van der Waals surface area (Å²) in [6.07, 6.45) is 3.12. The molecule has 34 heavy (non-hydrogen) atoms. The average Bonchev–Trinajstić information content (AvgIpc) is 2.79. The predicted molar refractivity (Wildman–Crippen MR) is 124 cm³/mol. The Morgan fingerprint density at radius 3 is 2.18 bits per heavy atom. The van der Waals surface area contributed by atoms with Crippen molar-refractivity contribution in [3.8, 4) is 0 Å². The zero-order chi connectivity index (χ0) is 25.1. The molecule has 1 heterocycles. The molecular formula is C24H32N2O8. The zero-order valence-corrected chi connectivity index (χ0v) is 20.0. The topological polar surface area (TPSA) is 126 Å². The van der Waals surface area contributed by atoms with E-state index in [9.17, 15) is 19.7 Å². The van der Waals surface area contributed by atoms with Gasteiger partial charge in [0.2, 0.25) is 0 Å². The maximum Gasteiger partial charge on any atom is 0.513 e. The summed E-state index contributed by atoms with van der Waals surface area (Å²) in [7, 11) is 0. The Kier molecular flexibility index (Phi) is 10.4. The zero-order valence-electron chi connectivity index (χ0n) is 20.0. The smallest absolute Gasteiger partial charge is 0.434 e. The first-order valence-electron chi connectivity index (χ1n) is 11.4. The van der Waals surface area contributed by atoms with E-state index in [1.807, 2.05) is 0 Å². The van der Waals surface area contributed by atoms with Crippen LogP contribution in [-0.4, -0.2) is 30.4 Å². The number of dihydropyridines is 1. The molecule has 10 heteroatoms. The molecule has 1 aromatic rings. The summed E-state index contributed by atoms with van der Waals surface area (Å²) < 4.78 is 21.1. The number of non-ortho nitro benzene ring substituents is 1. The lowest BCUT2D eigenvalue weighted by Gasteiger charge is -2.30. The minimum atomic E-state index is -0.942. The molecule has 0 saturated carbocycles. The van der Waals surface area contributed by atoms with E-state index in [2.05, 4.69) is 12.2 Å². The number of unbranched alkanes of at least 4 members (excludes halogenated alkanes) is 4. The standard InChI is InChI=1S/C24H32N2O8/c1-5-7-8-9-10-14-32-24(28)34-22-17(4)25-16(3)21(33-23(27)31-6-2)20(22)18-12-11-13-19(15-18)26(29)30/h11-13,15,20,25H,5-10,14H2,1-4H3. The number of benzene rings is 1. The van der Waals surface area contributed by atoms with Crippen LogP contribution in [0.2, 0.25) is 0 Å². The maximum absolute atomic E-state index is 12.4. The second-order valence-electron chi connectivity index (χ2n) is 7.79. The van der Waals surface area contributed by atoms with E-state index in [0.29, 0.717) is 17.0 Å². The molecule has 10 nitrogen and oxygen atoms in total. The van der Waals surface area contributed by atoms with Gasteiger partial charge < -0.3 is 24.3 Å². The molecule has 1 N–H and O–H groups in total. The van der Waals surface area contributed by atoms with Crippen LogP contribution in [0.5, 0.6) is 0 Å². The number of nitrogens with zero attached hydrogens (tertiary/aromatic N) is 1. The molecule has 0 aromatic heterocycles. The van der Waals surface area contributed by atoms with Crippen LogP contribution in [0, 0.1) is 10.1 Å². The van der Waals surface area contributed by atoms with Gasteiger partial charge in [0.05, 0.1) is 29.5 Å². The third-order valence-electron chi connectivity index (χ3n) is 5.17. The SMILES string of the molecule is CCCCCCCOC(=O)OC1=C(C)NC(C)=C(OC(=O)OCC)C1c1cccc([N+](=O)[O-])c1. The molecule has 0 fully saturated rings. The summed E-state index contributed by atoms with van der Waals surface area (Å²) in [6.45, 7) is 7.43. The van der Waals surface area contributed by atoms with E-state index in [0.717, 1.165) is 32.1 Å². The molecule has 0 saturated heterocycles. The van der Waals surface area contributed by atoms with E-state index in [1.165, 1.54) is 18.2 Å². The van der Waals surface area contributed by atoms with E-state index in [1.54, 1.807) is 26.8 Å². The quantitative estimate of drug-likeness (QED) is 0.176. The summed E-state index contributed by atoms with van der Waals surface area (Å²) >= 11 is 0. The molecule has 0 bridgehead atoms. The maximum atomic E-state index is 12.4. The number of carbonyl (C=O) groups is 2. The van der Waals surface area contributed by atoms with E-state index < -0.39 is 23.2 Å². The van der Waals surface area contributed by atoms with Crippen molar-refractivity contribution in [2.45, 2.75) is 65.7 Å². The molecule has 186 valence electrons. The van der Waals surface area contributed by atoms with Crippen LogP contribution in [0.15, 0.2) is 47.2 Å². The third-order valence-corrected chi connectivity index (χ3v) is 5.17. The van der Waals surface area contributed by atoms with Gasteiger partial charge in [0.25, 0.3) is 5.69 Å². The molecular weight excluding hydrogens is 444 g/mol. The second kappa shape index (κ2) is 13.2. The van der Waals surface area contributed by atoms with Crippen molar-refractivity contribution in [1.29, 1.82) is 0 Å². The lowest BCUT2D eigenvalue weighted by molar-refractivity contribution is -0.384. The lowest BCUT2D eigenvalue weighted by atomic mass is 9.90. The van der Waals surface area contributed by atoms with Crippen molar-refractivity contribution in [1.82, 2.24) is 5.32 Å². The van der Waals surface area contributed by atoms with Gasteiger partial charge in [0.15, 0.2) is 0 Å². The molecule has 1 aliphatic heterocycles. The molecule has 1 atom stereocenters. The third kappa shape index (κ3) is 7.50. The first kappa shape index (κ1) is 26.7. The number of ether oxygens (including phenoxy) is 4. The van der Waals surface area contributed by atoms with Crippen molar-refractivity contribution in [3.05, 3.63) is 62.9 Å². The van der Waals surface area contributed by atoms with Crippen LogP contribution in [0.1, 0.15) is 71.3 Å². The van der Waals surface area contributed by atoms with Gasteiger partial charge in [-0.05, 0) is 32.8 Å². The van der Waals surface area contributed by atoms with Gasteiger partial charge in [-0.15, -0.1) is 0 Å². The number of allylic oxidation sites excluding steroid dienone is 2. The number of carbonyl (C=O) groups excluding carboxylic acids is 2. The van der Waals surface area contributed by atoms with Crippen LogP contribution in [0.3, 0.4) is 0 Å². The average molecular weight is 477 g/mol. The minimum Gasteiger partial charge on any atom is -0.434 e. The Morgan fingerprint density at radius 2 is 1.59 bits per heavy atom. The van der Waals surface area contributed by atoms with Crippen LogP contribution in [-0.2, 0) is 18.9 Å². The normalized spacial score (nSPS) is 15.5. The van der Waals surface area contributed by atoms with Crippen molar-refractivity contribution >= 4 is 18.0 Å². The number of hydrogen-bond acceptors (Lipinski definition) is 9. The van der Waals surface area contributed by atoms with Crippen LogP contribution >= 0.6 is 0 Å². The molecule has 0 aliphatic carbocycles. The summed E-state index contributed by atoms with van der Waals surface area (Å²) in [5, 5.41) is 14.4. The molecule has 0 radical (unpaired) electrons. The van der Waals surface area contributed by atoms with Crippen molar-refractivity contribution < 1.29 is 33.5 Å². The Hall–Kier alpha value is -3.56. The van der Waals surface area contributed by atoms with Gasteiger partial charge in [0.1, 0.15) is 17.4 Å². The largest absolute Gasteiger partial charge is 0.513 e. The highest BCUT2D eigenvalue weighted by Crippen LogP contribution is 2.40. The van der Waals surface area contributed by atoms with Crippen LogP contribution in [0.25, 0.3) is 0 Å². The second-order valence-corrected chi connectivity index (χ2v) is 7.79. The Labute approximate surface area is 199 Å². The first-order valence-corrected chi connectivity index (χ1v) is 11.4. The van der Waals surface area contributed by atoms with Gasteiger partial charge in [-0.2, -0.15) is 0 Å². The number of nitrogens with one attached hydrogen (secondary N) is 1. The lowest BCUT2D eigenvalue weighted by Crippen LogP contribution is -2.29. The fourth-order valence-electron chi connectivity index (χ4n) is 3.57. The highest BCUT2D eigenvalue weighted by Gasteiger charge is 2.36. The number of rotatable bonds is 11. The molecule has 1 unspecified atom stereocenters. The summed E-state index contributed by atoms with van der Waals surface area (Å²) in [5.41, 5.74) is 1.19. The van der Waals surface area contributed by atoms with Gasteiger partial charge in [-0.1, -0.05) is 44.7 Å². The Bertz CT molecular complexity index is 954. The fourth-order valence-corrected chi connectivity index (χ4v) is 3.57. The van der Waals surface area contributed by atoms with Gasteiger partial charge in [-0.25, -0.2) is 9.59 Å². The fraction of sp³-hybridized carbons (Fsp3) is 0.500. The van der Waals surface area contributed by atoms with Gasteiger partial charge >= 0.3 is 12.3 Å².